The van der Waals surface area contributed by atoms with Crippen LogP contribution in [0.25, 0.3) is 0 Å². The van der Waals surface area contributed by atoms with Crippen LogP contribution < -0.4 is 15.5 Å². The number of carbonyl (C=O) groups is 4. The molecule has 0 aliphatic heterocycles. The van der Waals surface area contributed by atoms with E-state index in [2.05, 4.69) is 10.6 Å². The summed E-state index contributed by atoms with van der Waals surface area (Å²) in [6.07, 6.45) is -2.73. The number of amides is 4. The monoisotopic (exact) mass is 795 g/mol. The second-order valence-corrected chi connectivity index (χ2v) is 15.8. The first kappa shape index (κ1) is 39.4. The molecule has 2 N–H and O–H groups in total. The number of halogens is 8. The van der Waals surface area contributed by atoms with Gasteiger partial charge in [0.05, 0.1) is 37.9 Å². The van der Waals surface area contributed by atoms with Gasteiger partial charge in [0.1, 0.15) is 27.2 Å². The first-order chi connectivity index (χ1) is 22.9. The van der Waals surface area contributed by atoms with Crippen LogP contribution in [0.15, 0.2) is 42.5 Å². The van der Waals surface area contributed by atoms with Crippen molar-refractivity contribution in [2.45, 2.75) is 63.0 Å². The lowest BCUT2D eigenvalue weighted by molar-refractivity contribution is -0.117. The molecular weight excluding hydrogens is 769 g/mol. The largest absolute Gasteiger partial charge is 0.443 e. The maximum absolute atomic E-state index is 15.2. The Morgan fingerprint density at radius 1 is 0.760 bits per heavy atom. The third-order valence-electron chi connectivity index (χ3n) is 6.86. The second kappa shape index (κ2) is 14.3. The third-order valence-corrected chi connectivity index (χ3v) is 8.92. The van der Waals surface area contributed by atoms with Gasteiger partial charge in [-0.15, -0.1) is 23.2 Å². The first-order valence-corrected chi connectivity index (χ1v) is 16.5. The van der Waals surface area contributed by atoms with Gasteiger partial charge >= 0.3 is 12.2 Å². The Labute approximate surface area is 310 Å². The minimum atomic E-state index is -1.56. The molecule has 4 amide bonds. The van der Waals surface area contributed by atoms with E-state index < -0.39 is 90.8 Å². The molecule has 0 bridgehead atoms. The van der Waals surface area contributed by atoms with Crippen LogP contribution >= 0.6 is 58.0 Å². The zero-order valence-corrected chi connectivity index (χ0v) is 30.9. The molecule has 9 nitrogen and oxygen atoms in total. The quantitative estimate of drug-likeness (QED) is 0.240. The molecule has 1 aliphatic carbocycles. The van der Waals surface area contributed by atoms with E-state index in [4.69, 9.17) is 67.5 Å². The topological polar surface area (TPSA) is 114 Å². The molecule has 1 fully saturated rings. The molecular formula is C33H29Cl5F3N3O6. The molecule has 268 valence electrons. The van der Waals surface area contributed by atoms with E-state index in [-0.39, 0.29) is 20.6 Å². The van der Waals surface area contributed by atoms with E-state index in [1.165, 1.54) is 53.7 Å². The summed E-state index contributed by atoms with van der Waals surface area (Å²) in [5.41, 5.74) is -4.18. The fourth-order valence-electron chi connectivity index (χ4n) is 4.70. The van der Waals surface area contributed by atoms with Gasteiger partial charge in [-0.25, -0.2) is 22.8 Å². The maximum Gasteiger partial charge on any atom is 0.424 e. The molecule has 2 atom stereocenters. The van der Waals surface area contributed by atoms with Crippen LogP contribution in [-0.4, -0.2) is 39.5 Å². The van der Waals surface area contributed by atoms with Gasteiger partial charge in [-0.2, -0.15) is 4.90 Å². The minimum absolute atomic E-state index is 0.195. The maximum atomic E-state index is 15.2. The average molecular weight is 798 g/mol. The van der Waals surface area contributed by atoms with Crippen molar-refractivity contribution in [2.75, 3.05) is 15.5 Å². The molecule has 50 heavy (non-hydrogen) atoms. The summed E-state index contributed by atoms with van der Waals surface area (Å²) < 4.78 is 54.1. The van der Waals surface area contributed by atoms with Gasteiger partial charge in [0.15, 0.2) is 5.82 Å². The van der Waals surface area contributed by atoms with Gasteiger partial charge in [0.25, 0.3) is 5.91 Å². The molecule has 0 saturated heterocycles. The van der Waals surface area contributed by atoms with Gasteiger partial charge in [0.2, 0.25) is 5.91 Å². The summed E-state index contributed by atoms with van der Waals surface area (Å²) in [6.45, 7) is 8.94. The van der Waals surface area contributed by atoms with Gasteiger partial charge in [-0.1, -0.05) is 40.9 Å². The van der Waals surface area contributed by atoms with Crippen molar-refractivity contribution in [1.29, 1.82) is 0 Å². The SMILES string of the molecule is CC(C)(C)OC(=O)N(C(=O)OC(C)(C)C)c1cc(NC(=O)c2cc(NC(=O)[C@H]3[C@H](c4ccc(Cl)c(Cl)c4)C3(Cl)Cl)cc(F)c2Cl)c(F)cc1F. The zero-order valence-electron chi connectivity index (χ0n) is 27.1. The molecule has 4 rings (SSSR count). The number of rotatable bonds is 6. The average Bonchev–Trinajstić information content (AvgIpc) is 3.54. The molecule has 0 heterocycles. The summed E-state index contributed by atoms with van der Waals surface area (Å²) in [5, 5.41) is 4.33. The highest BCUT2D eigenvalue weighted by molar-refractivity contribution is 6.53. The van der Waals surface area contributed by atoms with E-state index in [1.807, 2.05) is 0 Å². The van der Waals surface area contributed by atoms with Crippen LogP contribution in [0.3, 0.4) is 0 Å². The van der Waals surface area contributed by atoms with Gasteiger partial charge in [-0.05, 0) is 77.4 Å². The molecule has 17 heteroatoms. The van der Waals surface area contributed by atoms with Crippen molar-refractivity contribution in [3.63, 3.8) is 0 Å². The molecule has 3 aromatic rings. The number of carbonyl (C=O) groups excluding carboxylic acids is 4. The van der Waals surface area contributed by atoms with Crippen molar-refractivity contribution in [3.05, 3.63) is 86.1 Å². The van der Waals surface area contributed by atoms with Gasteiger partial charge < -0.3 is 20.1 Å². The van der Waals surface area contributed by atoms with E-state index >= 15 is 8.78 Å². The smallest absolute Gasteiger partial charge is 0.424 e. The van der Waals surface area contributed by atoms with Crippen LogP contribution in [0.5, 0.6) is 0 Å². The van der Waals surface area contributed by atoms with Crippen molar-refractivity contribution < 1.29 is 41.8 Å². The Bertz CT molecular complexity index is 1870. The number of alkyl halides is 2. The molecule has 0 aromatic heterocycles. The third kappa shape index (κ3) is 8.89. The predicted octanol–water partition coefficient (Wildman–Crippen LogP) is 10.5. The number of hydrogen-bond donors (Lipinski definition) is 2. The summed E-state index contributed by atoms with van der Waals surface area (Å²) in [5.74, 6) is -7.56. The number of hydrogen-bond acceptors (Lipinski definition) is 6. The first-order valence-electron chi connectivity index (χ1n) is 14.6. The lowest BCUT2D eigenvalue weighted by Crippen LogP contribution is -2.44. The summed E-state index contributed by atoms with van der Waals surface area (Å²) in [7, 11) is 0. The standard InChI is InChI=1S/C33H29Cl5F3N3O6/c1-31(2,3)49-29(47)44(30(48)50-32(4,5)6)23-13-22(19(39)12-20(23)40)43-27(45)16-10-15(11-21(41)26(16)36)42-28(46)25-24(33(25,37)38)14-7-8-17(34)18(35)9-14/h7-13,24-25H,1-6H3,(H,42,46)(H,43,45)/t24-,25+/m0/s1. The summed E-state index contributed by atoms with van der Waals surface area (Å²) in [6, 6.07) is 7.37. The zero-order chi connectivity index (χ0) is 37.7. The van der Waals surface area contributed by atoms with Crippen LogP contribution in [0.4, 0.5) is 39.8 Å². The minimum Gasteiger partial charge on any atom is -0.443 e. The Morgan fingerprint density at radius 3 is 1.88 bits per heavy atom. The molecule has 3 aromatic carbocycles. The Morgan fingerprint density at radius 2 is 1.34 bits per heavy atom. The Hall–Kier alpha value is -3.42. The summed E-state index contributed by atoms with van der Waals surface area (Å²) in [4.78, 5) is 52.8. The number of ether oxygens (including phenoxy) is 2. The van der Waals surface area contributed by atoms with Gasteiger partial charge in [0, 0.05) is 17.7 Å². The Kier molecular flexibility index (Phi) is 11.3. The van der Waals surface area contributed by atoms with E-state index in [9.17, 15) is 23.6 Å². The molecule has 1 aliphatic rings. The van der Waals surface area contributed by atoms with Crippen molar-refractivity contribution in [2.24, 2.45) is 5.92 Å². The number of nitrogens with one attached hydrogen (secondary N) is 2. The van der Waals surface area contributed by atoms with Crippen molar-refractivity contribution in [1.82, 2.24) is 0 Å². The van der Waals surface area contributed by atoms with E-state index in [0.29, 0.717) is 17.7 Å². The van der Waals surface area contributed by atoms with Crippen LogP contribution in [0, 0.1) is 23.4 Å². The highest BCUT2D eigenvalue weighted by Gasteiger charge is 2.67. The molecule has 0 spiro atoms. The lowest BCUT2D eigenvalue weighted by Gasteiger charge is -2.29. The predicted molar refractivity (Wildman–Crippen MR) is 186 cm³/mol. The van der Waals surface area contributed by atoms with Gasteiger partial charge in [-0.3, -0.25) is 9.59 Å². The van der Waals surface area contributed by atoms with Crippen LogP contribution in [-0.2, 0) is 14.3 Å². The van der Waals surface area contributed by atoms with E-state index in [1.54, 1.807) is 6.07 Å². The normalized spacial score (nSPS) is 16.7. The van der Waals surface area contributed by atoms with Crippen molar-refractivity contribution >= 4 is 99.1 Å². The second-order valence-electron chi connectivity index (χ2n) is 13.1. The summed E-state index contributed by atoms with van der Waals surface area (Å²) >= 11 is 30.9. The number of nitrogens with zero attached hydrogens (tertiary/aromatic N) is 1. The molecule has 0 radical (unpaired) electrons. The van der Waals surface area contributed by atoms with Crippen LogP contribution in [0.2, 0.25) is 15.1 Å². The van der Waals surface area contributed by atoms with Crippen LogP contribution in [0.1, 0.15) is 63.4 Å². The molecule has 0 unspecified atom stereocenters. The number of anilines is 3. The lowest BCUT2D eigenvalue weighted by atomic mass is 10.1. The highest BCUT2D eigenvalue weighted by Crippen LogP contribution is 2.65. The number of benzene rings is 3. The highest BCUT2D eigenvalue weighted by atomic mass is 35.5. The fourth-order valence-corrected chi connectivity index (χ4v) is 6.03. The number of imide groups is 1. The Balaban J connectivity index is 1.63. The van der Waals surface area contributed by atoms with E-state index in [0.717, 1.165) is 12.1 Å². The fraction of sp³-hybridized carbons (Fsp3) is 0.333. The van der Waals surface area contributed by atoms with Crippen molar-refractivity contribution in [3.8, 4) is 0 Å². The molecule has 1 saturated carbocycles.